The molecule has 10 heteroatoms. The van der Waals surface area contributed by atoms with Gasteiger partial charge in [-0.25, -0.2) is 22.5 Å². The molecule has 0 spiro atoms. The Morgan fingerprint density at radius 3 is 2.47 bits per heavy atom. The van der Waals surface area contributed by atoms with E-state index in [9.17, 15) is 12.8 Å². The number of ether oxygens (including phenoxy) is 1. The zero-order valence-electron chi connectivity index (χ0n) is 16.6. The van der Waals surface area contributed by atoms with Gasteiger partial charge in [0, 0.05) is 30.5 Å². The molecule has 3 rings (SSSR count). The van der Waals surface area contributed by atoms with Gasteiger partial charge in [-0.05, 0) is 48.4 Å². The van der Waals surface area contributed by atoms with E-state index in [0.29, 0.717) is 36.1 Å². The quantitative estimate of drug-likeness (QED) is 0.492. The molecule has 0 aliphatic heterocycles. The SMILES string of the molecule is CCC(CNc1nc(Cc2ccc(F)cc2)ns1)NS(=O)(=O)c1ccc(OC)cc1. The standard InChI is InChI=1S/C20H23FN4O3S2/c1-3-16(25-30(26,27)18-10-8-17(28-2)9-11-18)13-22-20-23-19(24-29-20)12-14-4-6-15(21)7-5-14/h4-11,16,25H,3,12-13H2,1-2H3,(H,22,23,24). The number of sulfonamides is 1. The van der Waals surface area contributed by atoms with Gasteiger partial charge in [-0.3, -0.25) is 0 Å². The average molecular weight is 451 g/mol. The molecule has 1 atom stereocenters. The van der Waals surface area contributed by atoms with Gasteiger partial charge in [-0.2, -0.15) is 4.37 Å². The first-order chi connectivity index (χ1) is 14.4. The number of halogens is 1. The van der Waals surface area contributed by atoms with Gasteiger partial charge in [0.05, 0.1) is 12.0 Å². The Balaban J connectivity index is 1.57. The van der Waals surface area contributed by atoms with Crippen molar-refractivity contribution in [1.82, 2.24) is 14.1 Å². The molecule has 30 heavy (non-hydrogen) atoms. The average Bonchev–Trinajstić information content (AvgIpc) is 3.20. The lowest BCUT2D eigenvalue weighted by Crippen LogP contribution is -2.39. The number of hydrogen-bond acceptors (Lipinski definition) is 7. The van der Waals surface area contributed by atoms with Gasteiger partial charge < -0.3 is 10.1 Å². The largest absolute Gasteiger partial charge is 0.497 e. The summed E-state index contributed by atoms with van der Waals surface area (Å²) in [6, 6.07) is 12.1. The number of nitrogens with zero attached hydrogens (tertiary/aromatic N) is 2. The van der Waals surface area contributed by atoms with Crippen molar-refractivity contribution in [3.05, 3.63) is 65.7 Å². The van der Waals surface area contributed by atoms with E-state index in [1.54, 1.807) is 24.3 Å². The van der Waals surface area contributed by atoms with Crippen LogP contribution in [0.5, 0.6) is 5.75 Å². The van der Waals surface area contributed by atoms with Gasteiger partial charge >= 0.3 is 0 Å². The molecule has 0 saturated heterocycles. The second kappa shape index (κ2) is 9.96. The third kappa shape index (κ3) is 5.97. The predicted octanol–water partition coefficient (Wildman–Crippen LogP) is 3.45. The molecule has 0 aliphatic rings. The number of nitrogens with one attached hydrogen (secondary N) is 2. The summed E-state index contributed by atoms with van der Waals surface area (Å²) < 4.78 is 50.3. The zero-order chi connectivity index (χ0) is 21.6. The van der Waals surface area contributed by atoms with Crippen molar-refractivity contribution >= 4 is 26.7 Å². The molecule has 0 amide bonds. The first-order valence-corrected chi connectivity index (χ1v) is 11.6. The van der Waals surface area contributed by atoms with Crippen molar-refractivity contribution in [2.75, 3.05) is 19.0 Å². The van der Waals surface area contributed by atoms with E-state index >= 15 is 0 Å². The minimum Gasteiger partial charge on any atom is -0.497 e. The van der Waals surface area contributed by atoms with Gasteiger partial charge in [0.15, 0.2) is 0 Å². The molecule has 0 bridgehead atoms. The van der Waals surface area contributed by atoms with E-state index < -0.39 is 10.0 Å². The Morgan fingerprint density at radius 1 is 1.13 bits per heavy atom. The fraction of sp³-hybridized carbons (Fsp3) is 0.300. The molecule has 0 radical (unpaired) electrons. The summed E-state index contributed by atoms with van der Waals surface area (Å²) in [4.78, 5) is 4.60. The van der Waals surface area contributed by atoms with Crippen LogP contribution in [0.2, 0.25) is 0 Å². The third-order valence-electron chi connectivity index (χ3n) is 4.43. The van der Waals surface area contributed by atoms with Crippen molar-refractivity contribution in [2.24, 2.45) is 0 Å². The van der Waals surface area contributed by atoms with Crippen LogP contribution in [0.3, 0.4) is 0 Å². The lowest BCUT2D eigenvalue weighted by atomic mass is 10.1. The van der Waals surface area contributed by atoms with Crippen molar-refractivity contribution in [3.63, 3.8) is 0 Å². The van der Waals surface area contributed by atoms with Gasteiger partial charge in [-0.15, -0.1) is 0 Å². The van der Waals surface area contributed by atoms with E-state index in [1.807, 2.05) is 6.92 Å². The van der Waals surface area contributed by atoms with Gasteiger partial charge in [-0.1, -0.05) is 19.1 Å². The van der Waals surface area contributed by atoms with Crippen molar-refractivity contribution in [3.8, 4) is 5.75 Å². The Morgan fingerprint density at radius 2 is 1.83 bits per heavy atom. The molecule has 1 aromatic heterocycles. The Hall–Kier alpha value is -2.56. The van der Waals surface area contributed by atoms with Crippen LogP contribution in [0.25, 0.3) is 0 Å². The summed E-state index contributed by atoms with van der Waals surface area (Å²) in [5.74, 6) is 0.936. The van der Waals surface area contributed by atoms with Crippen LogP contribution in [0.1, 0.15) is 24.7 Å². The highest BCUT2D eigenvalue weighted by Crippen LogP contribution is 2.17. The van der Waals surface area contributed by atoms with Crippen LogP contribution in [0, 0.1) is 5.82 Å². The Kier molecular flexibility index (Phi) is 7.35. The zero-order valence-corrected chi connectivity index (χ0v) is 18.3. The predicted molar refractivity (Wildman–Crippen MR) is 115 cm³/mol. The van der Waals surface area contributed by atoms with Crippen molar-refractivity contribution < 1.29 is 17.5 Å². The van der Waals surface area contributed by atoms with Gasteiger partial charge in [0.1, 0.15) is 17.4 Å². The molecule has 1 heterocycles. The monoisotopic (exact) mass is 450 g/mol. The summed E-state index contributed by atoms with van der Waals surface area (Å²) in [5, 5.41) is 3.75. The van der Waals surface area contributed by atoms with E-state index in [0.717, 1.165) is 5.56 Å². The van der Waals surface area contributed by atoms with Crippen LogP contribution >= 0.6 is 11.5 Å². The Bertz CT molecular complexity index is 1050. The number of rotatable bonds is 10. The number of benzene rings is 2. The molecule has 0 saturated carbocycles. The smallest absolute Gasteiger partial charge is 0.240 e. The molecule has 0 aliphatic carbocycles. The van der Waals surface area contributed by atoms with Crippen LogP contribution in [-0.2, 0) is 16.4 Å². The van der Waals surface area contributed by atoms with Crippen LogP contribution in [-0.4, -0.2) is 37.5 Å². The van der Waals surface area contributed by atoms with Crippen LogP contribution in [0.15, 0.2) is 53.4 Å². The summed E-state index contributed by atoms with van der Waals surface area (Å²) in [6.45, 7) is 2.28. The van der Waals surface area contributed by atoms with Crippen LogP contribution in [0.4, 0.5) is 9.52 Å². The van der Waals surface area contributed by atoms with Crippen molar-refractivity contribution in [1.29, 1.82) is 0 Å². The second-order valence-corrected chi connectivity index (χ2v) is 9.07. The maximum atomic E-state index is 13.0. The minimum atomic E-state index is -3.65. The molecular weight excluding hydrogens is 427 g/mol. The molecule has 160 valence electrons. The lowest BCUT2D eigenvalue weighted by Gasteiger charge is -2.17. The summed E-state index contributed by atoms with van der Waals surface area (Å²) in [5.41, 5.74) is 0.916. The molecule has 0 fully saturated rings. The Labute approximate surface area is 179 Å². The molecule has 1 unspecified atom stereocenters. The van der Waals surface area contributed by atoms with E-state index in [-0.39, 0.29) is 16.8 Å². The lowest BCUT2D eigenvalue weighted by molar-refractivity contribution is 0.414. The maximum Gasteiger partial charge on any atom is 0.240 e. The second-order valence-electron chi connectivity index (χ2n) is 6.60. The number of anilines is 1. The van der Waals surface area contributed by atoms with Crippen molar-refractivity contribution in [2.45, 2.75) is 30.7 Å². The summed E-state index contributed by atoms with van der Waals surface area (Å²) in [7, 11) is -2.12. The summed E-state index contributed by atoms with van der Waals surface area (Å²) >= 11 is 1.21. The first kappa shape index (κ1) is 22.1. The van der Waals surface area contributed by atoms with E-state index in [1.165, 1.54) is 42.9 Å². The highest BCUT2D eigenvalue weighted by Gasteiger charge is 2.19. The minimum absolute atomic E-state index is 0.180. The normalized spacial score (nSPS) is 12.5. The number of hydrogen-bond donors (Lipinski definition) is 2. The third-order valence-corrected chi connectivity index (χ3v) is 6.67. The first-order valence-electron chi connectivity index (χ1n) is 9.37. The topological polar surface area (TPSA) is 93.2 Å². The number of aromatic nitrogens is 2. The molecule has 2 aromatic carbocycles. The van der Waals surface area contributed by atoms with Gasteiger partial charge in [0.25, 0.3) is 0 Å². The van der Waals surface area contributed by atoms with Gasteiger partial charge in [0.2, 0.25) is 15.2 Å². The molecule has 2 N–H and O–H groups in total. The highest BCUT2D eigenvalue weighted by molar-refractivity contribution is 7.89. The maximum absolute atomic E-state index is 13.0. The van der Waals surface area contributed by atoms with E-state index in [4.69, 9.17) is 4.74 Å². The highest BCUT2D eigenvalue weighted by atomic mass is 32.2. The fourth-order valence-electron chi connectivity index (χ4n) is 2.70. The molecule has 7 nitrogen and oxygen atoms in total. The molecule has 3 aromatic rings. The fourth-order valence-corrected chi connectivity index (χ4v) is 4.62. The molecular formula is C20H23FN4O3S2. The van der Waals surface area contributed by atoms with Crippen LogP contribution < -0.4 is 14.8 Å². The summed E-state index contributed by atoms with van der Waals surface area (Å²) in [6.07, 6.45) is 1.10. The van der Waals surface area contributed by atoms with E-state index in [2.05, 4.69) is 19.4 Å². The number of methoxy groups -OCH3 is 1.